The van der Waals surface area contributed by atoms with Crippen LogP contribution in [0.3, 0.4) is 0 Å². The number of likely N-dealkylation sites (tertiary alicyclic amines) is 1. The van der Waals surface area contributed by atoms with Crippen molar-refractivity contribution < 1.29 is 8.42 Å². The van der Waals surface area contributed by atoms with Crippen LogP contribution in [-0.2, 0) is 10.0 Å². The summed E-state index contributed by atoms with van der Waals surface area (Å²) in [4.78, 5) is 2.28. The topological polar surface area (TPSA) is 66.6 Å². The zero-order valence-corrected chi connectivity index (χ0v) is 17.2. The second-order valence-electron chi connectivity index (χ2n) is 8.16. The molecular weight excluding hydrogens is 370 g/mol. The Hall–Kier alpha value is -1.89. The van der Waals surface area contributed by atoms with Gasteiger partial charge in [-0.1, -0.05) is 42.5 Å². The minimum atomic E-state index is -3.47. The number of nitrogens with two attached hydrogens (primary N) is 1. The smallest absolute Gasteiger partial charge is 0.232 e. The molecule has 2 aromatic rings. The minimum Gasteiger partial charge on any atom is -0.326 e. The molecular formula is C22H29N3O2S. The lowest BCUT2D eigenvalue weighted by molar-refractivity contribution is 0.313. The SMILES string of the molecule is CS(=O)(=O)N(c1cccc(C2CC2)c1)[C@H](CN1CC[C@H](N)C1)c1ccccc1. The molecule has 0 radical (unpaired) electrons. The fourth-order valence-electron chi connectivity index (χ4n) is 4.20. The Morgan fingerprint density at radius 1 is 1.11 bits per heavy atom. The molecule has 150 valence electrons. The van der Waals surface area contributed by atoms with E-state index in [2.05, 4.69) is 17.0 Å². The normalized spacial score (nSPS) is 21.6. The minimum absolute atomic E-state index is 0.168. The quantitative estimate of drug-likeness (QED) is 0.777. The zero-order chi connectivity index (χ0) is 19.7. The molecule has 0 bridgehead atoms. The molecule has 1 saturated heterocycles. The van der Waals surface area contributed by atoms with Gasteiger partial charge in [0.25, 0.3) is 0 Å². The molecule has 0 aromatic heterocycles. The highest BCUT2D eigenvalue weighted by atomic mass is 32.2. The van der Waals surface area contributed by atoms with E-state index in [1.54, 1.807) is 4.31 Å². The molecule has 1 saturated carbocycles. The fraction of sp³-hybridized carbons (Fsp3) is 0.455. The van der Waals surface area contributed by atoms with Crippen LogP contribution in [0.2, 0.25) is 0 Å². The molecule has 2 N–H and O–H groups in total. The summed E-state index contributed by atoms with van der Waals surface area (Å²) in [5.74, 6) is 0.577. The van der Waals surface area contributed by atoms with Crippen molar-refractivity contribution in [3.8, 4) is 0 Å². The Kier molecular flexibility index (Phi) is 5.45. The van der Waals surface area contributed by atoms with Gasteiger partial charge in [-0.3, -0.25) is 9.21 Å². The average molecular weight is 400 g/mol. The molecule has 0 spiro atoms. The summed E-state index contributed by atoms with van der Waals surface area (Å²) in [5, 5.41) is 0. The van der Waals surface area contributed by atoms with E-state index in [0.29, 0.717) is 12.5 Å². The van der Waals surface area contributed by atoms with Gasteiger partial charge in [-0.05, 0) is 55.0 Å². The number of rotatable bonds is 7. The second-order valence-corrected chi connectivity index (χ2v) is 10.0. The van der Waals surface area contributed by atoms with Crippen LogP contribution < -0.4 is 10.0 Å². The third-order valence-electron chi connectivity index (χ3n) is 5.74. The van der Waals surface area contributed by atoms with Crippen LogP contribution in [0.4, 0.5) is 5.69 Å². The summed E-state index contributed by atoms with van der Waals surface area (Å²) in [6, 6.07) is 17.9. The van der Waals surface area contributed by atoms with Gasteiger partial charge in [-0.25, -0.2) is 8.42 Å². The van der Waals surface area contributed by atoms with Crippen molar-refractivity contribution in [2.24, 2.45) is 5.73 Å². The molecule has 4 rings (SSSR count). The molecule has 0 unspecified atom stereocenters. The van der Waals surface area contributed by atoms with Gasteiger partial charge in [0.15, 0.2) is 0 Å². The van der Waals surface area contributed by atoms with Gasteiger partial charge in [0.05, 0.1) is 18.0 Å². The van der Waals surface area contributed by atoms with Crippen LogP contribution in [0.1, 0.15) is 42.3 Å². The van der Waals surface area contributed by atoms with Gasteiger partial charge in [0.1, 0.15) is 0 Å². The molecule has 6 heteroatoms. The van der Waals surface area contributed by atoms with E-state index < -0.39 is 10.0 Å². The molecule has 2 aliphatic rings. The molecule has 0 amide bonds. The van der Waals surface area contributed by atoms with E-state index in [1.165, 1.54) is 24.7 Å². The third-order valence-corrected chi connectivity index (χ3v) is 6.92. The van der Waals surface area contributed by atoms with Crippen molar-refractivity contribution in [1.29, 1.82) is 0 Å². The van der Waals surface area contributed by atoms with Gasteiger partial charge in [-0.15, -0.1) is 0 Å². The molecule has 5 nitrogen and oxygen atoms in total. The molecule has 2 atom stereocenters. The first kappa shape index (κ1) is 19.4. The summed E-state index contributed by atoms with van der Waals surface area (Å²) in [6.45, 7) is 2.35. The maximum absolute atomic E-state index is 13.0. The van der Waals surface area contributed by atoms with E-state index in [9.17, 15) is 8.42 Å². The standard InChI is InChI=1S/C22H29N3O2S/c1-28(26,27)25(21-9-5-8-19(14-21)17-10-11-17)22(18-6-3-2-4-7-18)16-24-13-12-20(23)15-24/h2-9,14,17,20,22H,10-13,15-16,23H2,1H3/t20-,22+/m0/s1. The number of sulfonamides is 1. The Morgan fingerprint density at radius 3 is 2.46 bits per heavy atom. The number of benzene rings is 2. The summed E-state index contributed by atoms with van der Waals surface area (Å²) >= 11 is 0. The zero-order valence-electron chi connectivity index (χ0n) is 16.4. The van der Waals surface area contributed by atoms with Gasteiger partial charge in [-0.2, -0.15) is 0 Å². The molecule has 1 aliphatic carbocycles. The molecule has 1 heterocycles. The van der Waals surface area contributed by atoms with Gasteiger partial charge < -0.3 is 5.73 Å². The highest BCUT2D eigenvalue weighted by molar-refractivity contribution is 7.92. The molecule has 2 aromatic carbocycles. The van der Waals surface area contributed by atoms with Crippen molar-refractivity contribution in [2.45, 2.75) is 37.3 Å². The van der Waals surface area contributed by atoms with Crippen LogP contribution in [-0.4, -0.2) is 45.2 Å². The van der Waals surface area contributed by atoms with Crippen molar-refractivity contribution in [2.75, 3.05) is 30.2 Å². The highest BCUT2D eigenvalue weighted by Crippen LogP contribution is 2.42. The lowest BCUT2D eigenvalue weighted by atomic mass is 10.0. The van der Waals surface area contributed by atoms with E-state index in [0.717, 1.165) is 30.8 Å². The van der Waals surface area contributed by atoms with E-state index >= 15 is 0 Å². The number of nitrogens with zero attached hydrogens (tertiary/aromatic N) is 2. The van der Waals surface area contributed by atoms with Crippen LogP contribution in [0.15, 0.2) is 54.6 Å². The summed E-state index contributed by atoms with van der Waals surface area (Å²) in [7, 11) is -3.47. The molecule has 2 fully saturated rings. The fourth-order valence-corrected chi connectivity index (χ4v) is 5.35. The first-order chi connectivity index (χ1) is 13.4. The van der Waals surface area contributed by atoms with Crippen molar-refractivity contribution in [3.63, 3.8) is 0 Å². The summed E-state index contributed by atoms with van der Waals surface area (Å²) in [5.41, 5.74) is 9.10. The van der Waals surface area contributed by atoms with E-state index in [4.69, 9.17) is 5.73 Å². The maximum atomic E-state index is 13.0. The molecule has 1 aliphatic heterocycles. The van der Waals surface area contributed by atoms with Crippen LogP contribution in [0.25, 0.3) is 0 Å². The Balaban J connectivity index is 1.74. The summed E-state index contributed by atoms with van der Waals surface area (Å²) in [6.07, 6.45) is 4.65. The van der Waals surface area contributed by atoms with Crippen LogP contribution in [0.5, 0.6) is 0 Å². The first-order valence-corrected chi connectivity index (χ1v) is 11.9. The van der Waals surface area contributed by atoms with Crippen LogP contribution in [0, 0.1) is 0 Å². The second kappa shape index (κ2) is 7.85. The van der Waals surface area contributed by atoms with Crippen molar-refractivity contribution in [3.05, 3.63) is 65.7 Å². The number of anilines is 1. The van der Waals surface area contributed by atoms with Crippen LogP contribution >= 0.6 is 0 Å². The van der Waals surface area contributed by atoms with Gasteiger partial charge >= 0.3 is 0 Å². The monoisotopic (exact) mass is 399 g/mol. The lowest BCUT2D eigenvalue weighted by Crippen LogP contribution is -2.41. The van der Waals surface area contributed by atoms with E-state index in [1.807, 2.05) is 42.5 Å². The Morgan fingerprint density at radius 2 is 1.86 bits per heavy atom. The lowest BCUT2D eigenvalue weighted by Gasteiger charge is -2.35. The third kappa shape index (κ3) is 4.40. The maximum Gasteiger partial charge on any atom is 0.232 e. The Labute approximate surface area is 168 Å². The average Bonchev–Trinajstić information content (AvgIpc) is 3.44. The predicted molar refractivity (Wildman–Crippen MR) is 114 cm³/mol. The predicted octanol–water partition coefficient (Wildman–Crippen LogP) is 3.10. The molecule has 28 heavy (non-hydrogen) atoms. The van der Waals surface area contributed by atoms with Gasteiger partial charge in [0.2, 0.25) is 10.0 Å². The highest BCUT2D eigenvalue weighted by Gasteiger charge is 2.33. The van der Waals surface area contributed by atoms with Crippen molar-refractivity contribution >= 4 is 15.7 Å². The number of hydrogen-bond acceptors (Lipinski definition) is 4. The first-order valence-electron chi connectivity index (χ1n) is 10.0. The van der Waals surface area contributed by atoms with Crippen molar-refractivity contribution in [1.82, 2.24) is 4.90 Å². The number of hydrogen-bond donors (Lipinski definition) is 1. The summed E-state index contributed by atoms with van der Waals surface area (Å²) < 4.78 is 27.5. The Bertz CT molecular complexity index is 912. The van der Waals surface area contributed by atoms with Gasteiger partial charge in [0, 0.05) is 19.1 Å². The largest absolute Gasteiger partial charge is 0.326 e. The van der Waals surface area contributed by atoms with E-state index in [-0.39, 0.29) is 12.1 Å².